The van der Waals surface area contributed by atoms with Crippen molar-refractivity contribution in [2.45, 2.75) is 4.90 Å². The highest BCUT2D eigenvalue weighted by Gasteiger charge is 2.26. The molecule has 2 aromatic carbocycles. The molecule has 0 bridgehead atoms. The first-order chi connectivity index (χ1) is 17.7. The Hall–Kier alpha value is -3.26. The van der Waals surface area contributed by atoms with Gasteiger partial charge in [-0.2, -0.15) is 0 Å². The standard InChI is InChI=1S/C23H17ClF3N5O3S2/c24-22-28-7-6-18(29-22)20-19(30-23(36-20)32-8-10-35-11-9-32)14-12-13(4-5-15(14)25)31-37(33,34)21-16(26)2-1-3-17(21)27/h1-7,12,31H,8-11H2. The molecule has 4 aromatic rings. The zero-order valence-corrected chi connectivity index (χ0v) is 21.2. The minimum absolute atomic E-state index is 0.0151. The van der Waals surface area contributed by atoms with E-state index >= 15 is 4.39 Å². The van der Waals surface area contributed by atoms with Gasteiger partial charge in [0.15, 0.2) is 10.0 Å². The van der Waals surface area contributed by atoms with Crippen LogP contribution in [0.1, 0.15) is 0 Å². The molecule has 3 heterocycles. The first-order valence-electron chi connectivity index (χ1n) is 10.8. The number of sulfonamides is 1. The van der Waals surface area contributed by atoms with Gasteiger partial charge in [-0.15, -0.1) is 0 Å². The Bertz CT molecular complexity index is 1560. The summed E-state index contributed by atoms with van der Waals surface area (Å²) in [7, 11) is -4.67. The number of rotatable bonds is 6. The lowest BCUT2D eigenvalue weighted by Crippen LogP contribution is -2.36. The Balaban J connectivity index is 1.59. The summed E-state index contributed by atoms with van der Waals surface area (Å²) in [6, 6.07) is 7.69. The van der Waals surface area contributed by atoms with Gasteiger partial charge in [-0.25, -0.2) is 36.5 Å². The monoisotopic (exact) mass is 567 g/mol. The van der Waals surface area contributed by atoms with Crippen molar-refractivity contribution in [3.63, 3.8) is 0 Å². The third-order valence-corrected chi connectivity index (χ3v) is 8.17. The number of halogens is 4. The summed E-state index contributed by atoms with van der Waals surface area (Å²) in [5, 5.41) is 0.570. The Kier molecular flexibility index (Phi) is 7.03. The van der Waals surface area contributed by atoms with E-state index in [2.05, 4.69) is 19.7 Å². The number of hydrogen-bond donors (Lipinski definition) is 1. The number of nitrogens with zero attached hydrogens (tertiary/aromatic N) is 4. The fraction of sp³-hybridized carbons (Fsp3) is 0.174. The summed E-state index contributed by atoms with van der Waals surface area (Å²) in [5.74, 6) is -3.21. The maximum absolute atomic E-state index is 15.1. The quantitative estimate of drug-likeness (QED) is 0.328. The second-order valence-corrected chi connectivity index (χ2v) is 10.8. The minimum Gasteiger partial charge on any atom is -0.378 e. The number of nitrogens with one attached hydrogen (secondary N) is 1. The predicted molar refractivity (Wildman–Crippen MR) is 134 cm³/mol. The smallest absolute Gasteiger partial charge is 0.267 e. The summed E-state index contributed by atoms with van der Waals surface area (Å²) in [6.07, 6.45) is 1.45. The molecule has 0 aliphatic carbocycles. The molecule has 1 aliphatic heterocycles. The van der Waals surface area contributed by atoms with Crippen molar-refractivity contribution in [3.8, 4) is 21.8 Å². The van der Waals surface area contributed by atoms with E-state index in [1.807, 2.05) is 4.90 Å². The van der Waals surface area contributed by atoms with Crippen molar-refractivity contribution in [3.05, 3.63) is 71.4 Å². The molecule has 1 fully saturated rings. The fourth-order valence-corrected chi connectivity index (χ4v) is 6.17. The number of anilines is 2. The average Bonchev–Trinajstić information content (AvgIpc) is 3.31. The van der Waals surface area contributed by atoms with E-state index < -0.39 is 32.4 Å². The van der Waals surface area contributed by atoms with Gasteiger partial charge in [-0.05, 0) is 48.0 Å². The summed E-state index contributed by atoms with van der Waals surface area (Å²) < 4.78 is 76.5. The Morgan fingerprint density at radius 2 is 1.73 bits per heavy atom. The van der Waals surface area contributed by atoms with Crippen molar-refractivity contribution in [2.75, 3.05) is 35.9 Å². The molecule has 8 nitrogen and oxygen atoms in total. The van der Waals surface area contributed by atoms with Crippen LogP contribution in [0.3, 0.4) is 0 Å². The number of aromatic nitrogens is 3. The van der Waals surface area contributed by atoms with E-state index in [1.54, 1.807) is 6.07 Å². The van der Waals surface area contributed by atoms with Gasteiger partial charge in [0.1, 0.15) is 17.5 Å². The second-order valence-electron chi connectivity index (χ2n) is 7.84. The molecule has 0 unspecified atom stereocenters. The van der Waals surface area contributed by atoms with Gasteiger partial charge in [-0.1, -0.05) is 17.4 Å². The maximum atomic E-state index is 15.1. The molecule has 0 radical (unpaired) electrons. The van der Waals surface area contributed by atoms with E-state index in [0.29, 0.717) is 42.0 Å². The second kappa shape index (κ2) is 10.2. The van der Waals surface area contributed by atoms with Gasteiger partial charge >= 0.3 is 0 Å². The first kappa shape index (κ1) is 25.4. The summed E-state index contributed by atoms with van der Waals surface area (Å²) in [6.45, 7) is 2.16. The first-order valence-corrected chi connectivity index (χ1v) is 13.5. The Morgan fingerprint density at radius 1 is 1.00 bits per heavy atom. The van der Waals surface area contributed by atoms with E-state index in [1.165, 1.54) is 23.6 Å². The van der Waals surface area contributed by atoms with Crippen molar-refractivity contribution in [2.24, 2.45) is 0 Å². The number of benzene rings is 2. The number of thiazole rings is 1. The minimum atomic E-state index is -4.67. The maximum Gasteiger partial charge on any atom is 0.267 e. The molecule has 0 amide bonds. The molecule has 192 valence electrons. The van der Waals surface area contributed by atoms with E-state index in [-0.39, 0.29) is 22.2 Å². The summed E-state index contributed by atoms with van der Waals surface area (Å²) in [5.41, 5.74) is 0.420. The summed E-state index contributed by atoms with van der Waals surface area (Å²) in [4.78, 5) is 14.1. The van der Waals surface area contributed by atoms with Crippen LogP contribution in [0.2, 0.25) is 5.28 Å². The van der Waals surface area contributed by atoms with Crippen LogP contribution in [-0.2, 0) is 14.8 Å². The third-order valence-electron chi connectivity index (χ3n) is 5.42. The van der Waals surface area contributed by atoms with Crippen molar-refractivity contribution in [1.29, 1.82) is 0 Å². The van der Waals surface area contributed by atoms with Crippen LogP contribution in [0.4, 0.5) is 24.0 Å². The van der Waals surface area contributed by atoms with Crippen LogP contribution in [-0.4, -0.2) is 49.7 Å². The molecule has 2 aromatic heterocycles. The SMILES string of the molecule is O=S(=O)(Nc1ccc(F)c(-c2nc(N3CCOCC3)sc2-c2ccnc(Cl)n2)c1)c1c(F)cccc1F. The lowest BCUT2D eigenvalue weighted by molar-refractivity contribution is 0.122. The van der Waals surface area contributed by atoms with E-state index in [9.17, 15) is 17.2 Å². The van der Waals surface area contributed by atoms with Gasteiger partial charge < -0.3 is 9.64 Å². The van der Waals surface area contributed by atoms with Crippen molar-refractivity contribution >= 4 is 43.8 Å². The lowest BCUT2D eigenvalue weighted by Gasteiger charge is -2.26. The van der Waals surface area contributed by atoms with Crippen LogP contribution in [0.5, 0.6) is 0 Å². The average molecular weight is 568 g/mol. The molecule has 0 atom stereocenters. The molecule has 37 heavy (non-hydrogen) atoms. The zero-order chi connectivity index (χ0) is 26.2. The van der Waals surface area contributed by atoms with Gasteiger partial charge in [0.25, 0.3) is 10.0 Å². The molecule has 14 heteroatoms. The van der Waals surface area contributed by atoms with Crippen molar-refractivity contribution in [1.82, 2.24) is 15.0 Å². The number of morpholine rings is 1. The highest BCUT2D eigenvalue weighted by atomic mass is 35.5. The van der Waals surface area contributed by atoms with Gasteiger partial charge in [0.05, 0.1) is 29.5 Å². The molecule has 5 rings (SSSR count). The Morgan fingerprint density at radius 3 is 2.43 bits per heavy atom. The van der Waals surface area contributed by atoms with Gasteiger partial charge in [-0.3, -0.25) is 4.72 Å². The van der Waals surface area contributed by atoms with Gasteiger partial charge in [0, 0.05) is 30.5 Å². The fourth-order valence-electron chi connectivity index (χ4n) is 3.73. The molecular formula is C23H17ClF3N5O3S2. The van der Waals surface area contributed by atoms with Crippen molar-refractivity contribution < 1.29 is 26.3 Å². The number of ether oxygens (including phenoxy) is 1. The number of hydrogen-bond acceptors (Lipinski definition) is 8. The van der Waals surface area contributed by atoms with Crippen LogP contribution in [0.25, 0.3) is 21.8 Å². The van der Waals surface area contributed by atoms with E-state index in [0.717, 1.165) is 30.3 Å². The van der Waals surface area contributed by atoms with Crippen LogP contribution < -0.4 is 9.62 Å². The highest BCUT2D eigenvalue weighted by Crippen LogP contribution is 2.41. The summed E-state index contributed by atoms with van der Waals surface area (Å²) >= 11 is 7.24. The van der Waals surface area contributed by atoms with Crippen LogP contribution >= 0.6 is 22.9 Å². The zero-order valence-electron chi connectivity index (χ0n) is 18.8. The largest absolute Gasteiger partial charge is 0.378 e. The van der Waals surface area contributed by atoms with Crippen LogP contribution in [0, 0.1) is 17.5 Å². The topological polar surface area (TPSA) is 97.3 Å². The van der Waals surface area contributed by atoms with E-state index in [4.69, 9.17) is 16.3 Å². The van der Waals surface area contributed by atoms with Crippen LogP contribution in [0.15, 0.2) is 53.6 Å². The predicted octanol–water partition coefficient (Wildman–Crippen LogP) is 4.98. The molecule has 1 aliphatic rings. The Labute approximate surface area is 218 Å². The molecule has 0 saturated carbocycles. The molecule has 1 saturated heterocycles. The molecule has 0 spiro atoms. The molecule has 1 N–H and O–H groups in total. The third kappa shape index (κ3) is 5.25. The lowest BCUT2D eigenvalue weighted by atomic mass is 10.1. The van der Waals surface area contributed by atoms with Gasteiger partial charge in [0.2, 0.25) is 5.28 Å². The highest BCUT2D eigenvalue weighted by molar-refractivity contribution is 7.92. The molecular weight excluding hydrogens is 551 g/mol. The normalized spacial score (nSPS) is 14.1.